The lowest BCUT2D eigenvalue weighted by atomic mass is 10.2. The van der Waals surface area contributed by atoms with E-state index in [9.17, 15) is 9.59 Å². The van der Waals surface area contributed by atoms with Crippen LogP contribution >= 0.6 is 0 Å². The van der Waals surface area contributed by atoms with Gasteiger partial charge < -0.3 is 18.9 Å². The van der Waals surface area contributed by atoms with Gasteiger partial charge in [0, 0.05) is 13.2 Å². The van der Waals surface area contributed by atoms with Crippen LogP contribution in [0.15, 0.2) is 6.20 Å². The molecule has 8 heteroatoms. The lowest BCUT2D eigenvalue weighted by molar-refractivity contribution is -0.149. The van der Waals surface area contributed by atoms with E-state index in [1.54, 1.807) is 13.8 Å². The Kier molecular flexibility index (Phi) is 8.28. The molecule has 1 rings (SSSR count). The number of esters is 2. The van der Waals surface area contributed by atoms with Gasteiger partial charge in [-0.15, -0.1) is 0 Å². The van der Waals surface area contributed by atoms with Gasteiger partial charge in [-0.25, -0.2) is 4.79 Å². The minimum atomic E-state index is -0.818. The van der Waals surface area contributed by atoms with Gasteiger partial charge in [-0.05, 0) is 27.7 Å². The molecule has 0 spiro atoms. The summed E-state index contributed by atoms with van der Waals surface area (Å²) in [6.45, 7) is 8.15. The van der Waals surface area contributed by atoms with Crippen LogP contribution in [-0.2, 0) is 30.3 Å². The second kappa shape index (κ2) is 9.96. The molecule has 8 nitrogen and oxygen atoms in total. The van der Waals surface area contributed by atoms with E-state index in [1.807, 2.05) is 13.8 Å². The average Bonchev–Trinajstić information content (AvgIpc) is 2.91. The first-order chi connectivity index (χ1) is 11.1. The Morgan fingerprint density at radius 2 is 1.65 bits per heavy atom. The van der Waals surface area contributed by atoms with Crippen LogP contribution in [0.1, 0.15) is 50.0 Å². The molecule has 0 saturated carbocycles. The molecule has 1 aromatic rings. The van der Waals surface area contributed by atoms with Crippen LogP contribution in [0.25, 0.3) is 0 Å². The number of carbonyl (C=O) groups excluding carboxylic acids is 2. The van der Waals surface area contributed by atoms with Crippen LogP contribution in [0.2, 0.25) is 0 Å². The van der Waals surface area contributed by atoms with Crippen molar-refractivity contribution in [3.63, 3.8) is 0 Å². The maximum Gasteiger partial charge on any atom is 0.341 e. The summed E-state index contributed by atoms with van der Waals surface area (Å²) < 4.78 is 22.4. The monoisotopic (exact) mass is 328 g/mol. The Balaban J connectivity index is 3.18. The fourth-order valence-corrected chi connectivity index (χ4v) is 1.97. The summed E-state index contributed by atoms with van der Waals surface area (Å²) in [5.41, 5.74) is 0.559. The molecule has 0 bridgehead atoms. The molecular weight excluding hydrogens is 304 g/mol. The van der Waals surface area contributed by atoms with Crippen LogP contribution in [0.5, 0.6) is 0 Å². The number of ether oxygens (including phenoxy) is 4. The molecule has 130 valence electrons. The molecule has 23 heavy (non-hydrogen) atoms. The normalized spacial score (nSPS) is 10.8. The maximum absolute atomic E-state index is 12.1. The first-order valence-electron chi connectivity index (χ1n) is 7.70. The molecule has 0 atom stereocenters. The molecule has 0 fully saturated rings. The highest BCUT2D eigenvalue weighted by Gasteiger charge is 2.27. The average molecular weight is 328 g/mol. The van der Waals surface area contributed by atoms with Crippen molar-refractivity contribution in [3.8, 4) is 0 Å². The summed E-state index contributed by atoms with van der Waals surface area (Å²) in [7, 11) is 0. The standard InChI is InChI=1S/C15H24N2O6/c1-5-20-12(18)10-17-13(15(22-7-3)23-8-4)11(9-16-17)14(19)21-6-2/h9,15H,5-8,10H2,1-4H3. The number of nitrogens with zero attached hydrogens (tertiary/aromatic N) is 2. The van der Waals surface area contributed by atoms with Gasteiger partial charge in [0.1, 0.15) is 17.8 Å². The molecule has 0 aliphatic carbocycles. The van der Waals surface area contributed by atoms with Crippen LogP contribution < -0.4 is 0 Å². The van der Waals surface area contributed by atoms with Gasteiger partial charge in [-0.1, -0.05) is 0 Å². The zero-order chi connectivity index (χ0) is 17.2. The Morgan fingerprint density at radius 3 is 2.17 bits per heavy atom. The quantitative estimate of drug-likeness (QED) is 0.477. The highest BCUT2D eigenvalue weighted by molar-refractivity contribution is 5.90. The van der Waals surface area contributed by atoms with Crippen LogP contribution in [0.3, 0.4) is 0 Å². The third kappa shape index (κ3) is 5.33. The molecule has 0 aliphatic rings. The van der Waals surface area contributed by atoms with Crippen molar-refractivity contribution in [2.45, 2.75) is 40.5 Å². The third-order valence-corrected chi connectivity index (χ3v) is 2.82. The molecule has 0 N–H and O–H groups in total. The van der Waals surface area contributed by atoms with E-state index in [1.165, 1.54) is 10.9 Å². The predicted molar refractivity (Wildman–Crippen MR) is 80.8 cm³/mol. The highest BCUT2D eigenvalue weighted by Crippen LogP contribution is 2.24. The summed E-state index contributed by atoms with van der Waals surface area (Å²) in [5, 5.41) is 4.08. The number of carbonyl (C=O) groups is 2. The summed E-state index contributed by atoms with van der Waals surface area (Å²) in [5.74, 6) is -0.999. The van der Waals surface area contributed by atoms with Gasteiger partial charge in [0.05, 0.1) is 19.4 Å². The van der Waals surface area contributed by atoms with E-state index < -0.39 is 18.2 Å². The summed E-state index contributed by atoms with van der Waals surface area (Å²) in [6, 6.07) is 0. The van der Waals surface area contributed by atoms with Crippen LogP contribution in [-0.4, -0.2) is 48.1 Å². The van der Waals surface area contributed by atoms with Gasteiger partial charge in [0.25, 0.3) is 0 Å². The molecule has 1 heterocycles. The molecule has 0 aliphatic heterocycles. The topological polar surface area (TPSA) is 88.9 Å². The fraction of sp³-hybridized carbons (Fsp3) is 0.667. The number of hydrogen-bond donors (Lipinski definition) is 0. The third-order valence-electron chi connectivity index (χ3n) is 2.82. The van der Waals surface area contributed by atoms with Crippen molar-refractivity contribution in [1.82, 2.24) is 9.78 Å². The van der Waals surface area contributed by atoms with Crippen molar-refractivity contribution in [3.05, 3.63) is 17.5 Å². The van der Waals surface area contributed by atoms with E-state index in [0.717, 1.165) is 0 Å². The summed E-state index contributed by atoms with van der Waals surface area (Å²) >= 11 is 0. The van der Waals surface area contributed by atoms with E-state index in [4.69, 9.17) is 18.9 Å². The van der Waals surface area contributed by atoms with Crippen molar-refractivity contribution in [2.75, 3.05) is 26.4 Å². The Morgan fingerprint density at radius 1 is 1.04 bits per heavy atom. The van der Waals surface area contributed by atoms with Crippen molar-refractivity contribution in [1.29, 1.82) is 0 Å². The van der Waals surface area contributed by atoms with Crippen molar-refractivity contribution < 1.29 is 28.5 Å². The lowest BCUT2D eigenvalue weighted by Gasteiger charge is -2.19. The minimum absolute atomic E-state index is 0.140. The largest absolute Gasteiger partial charge is 0.465 e. The van der Waals surface area contributed by atoms with E-state index in [-0.39, 0.29) is 25.3 Å². The van der Waals surface area contributed by atoms with Crippen LogP contribution in [0, 0.1) is 0 Å². The maximum atomic E-state index is 12.1. The number of hydrogen-bond acceptors (Lipinski definition) is 7. The van der Waals surface area contributed by atoms with Crippen molar-refractivity contribution >= 4 is 11.9 Å². The molecule has 0 radical (unpaired) electrons. The summed E-state index contributed by atoms with van der Waals surface area (Å²) in [4.78, 5) is 23.8. The van der Waals surface area contributed by atoms with E-state index >= 15 is 0 Å². The second-order valence-electron chi connectivity index (χ2n) is 4.37. The zero-order valence-electron chi connectivity index (χ0n) is 14.0. The molecule has 0 aromatic carbocycles. The van der Waals surface area contributed by atoms with E-state index in [2.05, 4.69) is 5.10 Å². The fourth-order valence-electron chi connectivity index (χ4n) is 1.97. The lowest BCUT2D eigenvalue weighted by Crippen LogP contribution is -2.22. The second-order valence-corrected chi connectivity index (χ2v) is 4.37. The summed E-state index contributed by atoms with van der Waals surface area (Å²) in [6.07, 6.45) is 0.527. The first-order valence-corrected chi connectivity index (χ1v) is 7.70. The van der Waals surface area contributed by atoms with E-state index in [0.29, 0.717) is 18.9 Å². The van der Waals surface area contributed by atoms with Gasteiger partial charge in [-0.2, -0.15) is 5.10 Å². The van der Waals surface area contributed by atoms with Crippen molar-refractivity contribution in [2.24, 2.45) is 0 Å². The number of rotatable bonds is 10. The molecular formula is C15H24N2O6. The minimum Gasteiger partial charge on any atom is -0.465 e. The molecule has 0 saturated heterocycles. The number of aromatic nitrogens is 2. The van der Waals surface area contributed by atoms with Gasteiger partial charge in [-0.3, -0.25) is 9.48 Å². The highest BCUT2D eigenvalue weighted by atomic mass is 16.7. The van der Waals surface area contributed by atoms with Gasteiger partial charge in [0.2, 0.25) is 6.29 Å². The smallest absolute Gasteiger partial charge is 0.341 e. The molecule has 1 aromatic heterocycles. The van der Waals surface area contributed by atoms with Gasteiger partial charge in [0.15, 0.2) is 0 Å². The van der Waals surface area contributed by atoms with Gasteiger partial charge >= 0.3 is 11.9 Å². The van der Waals surface area contributed by atoms with Crippen LogP contribution in [0.4, 0.5) is 0 Å². The predicted octanol–water partition coefficient (Wildman–Crippen LogP) is 1.69. The first kappa shape index (κ1) is 19.1. The molecule has 0 amide bonds. The Labute approximate surface area is 135 Å². The SMILES string of the molecule is CCOC(=O)Cn1ncc(C(=O)OCC)c1C(OCC)OCC. The molecule has 0 unspecified atom stereocenters. The Hall–Kier alpha value is -1.93. The Bertz CT molecular complexity index is 508. The zero-order valence-corrected chi connectivity index (χ0v) is 14.0.